The minimum absolute atomic E-state index is 0.0962. The zero-order chi connectivity index (χ0) is 22.7. The maximum Gasteiger partial charge on any atom is 0.286 e. The highest BCUT2D eigenvalue weighted by Crippen LogP contribution is 2.38. The standard InChI is InChI=1S/C24H26FN3O3S/c1-16(22-23(29)26-24(32-22)28-12-10-27(2)11-13-28)17-8-9-20(21(14-17)30-3)31-15-18-6-4-5-7-19(18)25/h4-9,14H,10-13,15H2,1-3H3/b22-16+. The van der Waals surface area contributed by atoms with Gasteiger partial charge in [0.1, 0.15) is 12.4 Å². The first-order valence-electron chi connectivity index (χ1n) is 10.5. The molecule has 0 aromatic heterocycles. The van der Waals surface area contributed by atoms with Crippen LogP contribution >= 0.6 is 11.8 Å². The number of piperazine rings is 1. The highest BCUT2D eigenvalue weighted by atomic mass is 32.2. The number of thioether (sulfide) groups is 1. The molecule has 1 fully saturated rings. The number of benzene rings is 2. The van der Waals surface area contributed by atoms with Crippen molar-refractivity contribution in [1.29, 1.82) is 0 Å². The molecule has 1 saturated heterocycles. The van der Waals surface area contributed by atoms with Crippen molar-refractivity contribution in [3.63, 3.8) is 0 Å². The molecule has 0 spiro atoms. The molecular weight excluding hydrogens is 429 g/mol. The van der Waals surface area contributed by atoms with Gasteiger partial charge >= 0.3 is 0 Å². The van der Waals surface area contributed by atoms with E-state index in [1.54, 1.807) is 31.4 Å². The van der Waals surface area contributed by atoms with Crippen LogP contribution in [0.4, 0.5) is 4.39 Å². The fourth-order valence-electron chi connectivity index (χ4n) is 3.59. The van der Waals surface area contributed by atoms with Crippen molar-refractivity contribution < 1.29 is 18.7 Å². The summed E-state index contributed by atoms with van der Waals surface area (Å²) in [4.78, 5) is 22.0. The summed E-state index contributed by atoms with van der Waals surface area (Å²) < 4.78 is 25.2. The molecule has 8 heteroatoms. The Bertz CT molecular complexity index is 1080. The molecule has 2 aliphatic heterocycles. The van der Waals surface area contributed by atoms with Crippen LogP contribution in [0.15, 0.2) is 52.4 Å². The fourth-order valence-corrected chi connectivity index (χ4v) is 4.61. The third-order valence-electron chi connectivity index (χ3n) is 5.64. The first-order chi connectivity index (χ1) is 15.5. The van der Waals surface area contributed by atoms with Crippen LogP contribution in [0.3, 0.4) is 0 Å². The highest BCUT2D eigenvalue weighted by Gasteiger charge is 2.29. The number of nitrogens with zero attached hydrogens (tertiary/aromatic N) is 3. The number of carbonyl (C=O) groups is 1. The molecule has 2 aromatic rings. The second-order valence-corrected chi connectivity index (χ2v) is 8.77. The summed E-state index contributed by atoms with van der Waals surface area (Å²) in [5.74, 6) is 0.517. The Labute approximate surface area is 191 Å². The number of ether oxygens (including phenoxy) is 2. The number of aliphatic imine (C=N–C) groups is 1. The summed E-state index contributed by atoms with van der Waals surface area (Å²) in [5, 5.41) is 0.772. The largest absolute Gasteiger partial charge is 0.493 e. The van der Waals surface area contributed by atoms with Gasteiger partial charge in [0, 0.05) is 31.7 Å². The predicted molar refractivity (Wildman–Crippen MR) is 125 cm³/mol. The molecule has 2 heterocycles. The SMILES string of the molecule is COc1cc(/C(C)=C2/SC(N3CCN(C)CC3)=NC2=O)ccc1OCc1ccccc1F. The number of halogens is 1. The molecule has 2 aliphatic rings. The number of hydrogen-bond donors (Lipinski definition) is 0. The average Bonchev–Trinajstić information content (AvgIpc) is 3.20. The van der Waals surface area contributed by atoms with Gasteiger partial charge in [-0.15, -0.1) is 0 Å². The lowest BCUT2D eigenvalue weighted by molar-refractivity contribution is -0.113. The van der Waals surface area contributed by atoms with E-state index in [1.807, 2.05) is 19.1 Å². The second kappa shape index (κ2) is 9.75. The lowest BCUT2D eigenvalue weighted by Crippen LogP contribution is -2.46. The summed E-state index contributed by atoms with van der Waals surface area (Å²) in [6, 6.07) is 12.0. The number of carbonyl (C=O) groups excluding carboxylic acids is 1. The maximum absolute atomic E-state index is 13.9. The zero-order valence-electron chi connectivity index (χ0n) is 18.4. The van der Waals surface area contributed by atoms with Gasteiger partial charge in [0.05, 0.1) is 12.0 Å². The smallest absolute Gasteiger partial charge is 0.286 e. The van der Waals surface area contributed by atoms with Gasteiger partial charge in [0.15, 0.2) is 16.7 Å². The monoisotopic (exact) mass is 455 g/mol. The molecule has 2 aromatic carbocycles. The Kier molecular flexibility index (Phi) is 6.81. The van der Waals surface area contributed by atoms with E-state index in [1.165, 1.54) is 17.8 Å². The molecule has 1 amide bonds. The zero-order valence-corrected chi connectivity index (χ0v) is 19.2. The van der Waals surface area contributed by atoms with E-state index < -0.39 is 0 Å². The normalized spacial score (nSPS) is 18.6. The third kappa shape index (κ3) is 4.81. The van der Waals surface area contributed by atoms with Crippen LogP contribution in [-0.2, 0) is 11.4 Å². The van der Waals surface area contributed by atoms with E-state index in [0.717, 1.165) is 42.5 Å². The summed E-state index contributed by atoms with van der Waals surface area (Å²) in [6.07, 6.45) is 0. The van der Waals surface area contributed by atoms with Crippen molar-refractivity contribution in [2.45, 2.75) is 13.5 Å². The number of rotatable bonds is 5. The fraction of sp³-hybridized carbons (Fsp3) is 0.333. The number of amidine groups is 1. The molecule has 0 N–H and O–H groups in total. The first-order valence-corrected chi connectivity index (χ1v) is 11.3. The molecule has 168 valence electrons. The van der Waals surface area contributed by atoms with Gasteiger partial charge in [-0.1, -0.05) is 24.3 Å². The van der Waals surface area contributed by atoms with E-state index in [9.17, 15) is 9.18 Å². The Morgan fingerprint density at radius 1 is 1.12 bits per heavy atom. The van der Waals surface area contributed by atoms with E-state index in [4.69, 9.17) is 9.47 Å². The van der Waals surface area contributed by atoms with Crippen molar-refractivity contribution >= 4 is 28.4 Å². The molecule has 0 radical (unpaired) electrons. The van der Waals surface area contributed by atoms with E-state index >= 15 is 0 Å². The van der Waals surface area contributed by atoms with Crippen LogP contribution in [0.1, 0.15) is 18.1 Å². The quantitative estimate of drug-likeness (QED) is 0.635. The molecular formula is C24H26FN3O3S. The van der Waals surface area contributed by atoms with Crippen molar-refractivity contribution in [1.82, 2.24) is 9.80 Å². The van der Waals surface area contributed by atoms with E-state index in [0.29, 0.717) is 22.0 Å². The van der Waals surface area contributed by atoms with Crippen LogP contribution in [0.2, 0.25) is 0 Å². The number of likely N-dealkylation sites (N-methyl/N-ethyl adjacent to an activating group) is 1. The third-order valence-corrected chi connectivity index (χ3v) is 6.85. The van der Waals surface area contributed by atoms with Gasteiger partial charge in [-0.25, -0.2) is 4.39 Å². The Morgan fingerprint density at radius 2 is 1.88 bits per heavy atom. The number of hydrogen-bond acceptors (Lipinski definition) is 6. The van der Waals surface area contributed by atoms with Gasteiger partial charge in [0.25, 0.3) is 5.91 Å². The molecule has 0 saturated carbocycles. The van der Waals surface area contributed by atoms with Crippen molar-refractivity contribution in [3.05, 3.63) is 64.3 Å². The highest BCUT2D eigenvalue weighted by molar-refractivity contribution is 8.18. The van der Waals surface area contributed by atoms with Crippen LogP contribution < -0.4 is 9.47 Å². The van der Waals surface area contributed by atoms with Gasteiger partial charge in [-0.2, -0.15) is 4.99 Å². The molecule has 4 rings (SSSR count). The molecule has 0 atom stereocenters. The van der Waals surface area contributed by atoms with Crippen molar-refractivity contribution in [3.8, 4) is 11.5 Å². The summed E-state index contributed by atoms with van der Waals surface area (Å²) in [7, 11) is 3.65. The summed E-state index contributed by atoms with van der Waals surface area (Å²) in [5.41, 5.74) is 2.16. The molecule has 0 bridgehead atoms. The molecule has 32 heavy (non-hydrogen) atoms. The number of allylic oxidation sites excluding steroid dienone is 1. The van der Waals surface area contributed by atoms with Crippen LogP contribution in [-0.4, -0.2) is 61.2 Å². The van der Waals surface area contributed by atoms with Crippen LogP contribution in [0.5, 0.6) is 11.5 Å². The lowest BCUT2D eigenvalue weighted by Gasteiger charge is -2.33. The van der Waals surface area contributed by atoms with Crippen LogP contribution in [0.25, 0.3) is 5.57 Å². The Morgan fingerprint density at radius 3 is 2.59 bits per heavy atom. The van der Waals surface area contributed by atoms with Gasteiger partial charge in [0.2, 0.25) is 0 Å². The minimum Gasteiger partial charge on any atom is -0.493 e. The summed E-state index contributed by atoms with van der Waals surface area (Å²) in [6.45, 7) is 5.65. The van der Waals surface area contributed by atoms with E-state index in [-0.39, 0.29) is 18.3 Å². The Balaban J connectivity index is 1.50. The lowest BCUT2D eigenvalue weighted by atomic mass is 10.1. The summed E-state index contributed by atoms with van der Waals surface area (Å²) >= 11 is 1.43. The predicted octanol–water partition coefficient (Wildman–Crippen LogP) is 4.02. The van der Waals surface area contributed by atoms with Gasteiger partial charge in [-0.3, -0.25) is 4.79 Å². The first kappa shape index (κ1) is 22.4. The van der Waals surface area contributed by atoms with Crippen molar-refractivity contribution in [2.24, 2.45) is 4.99 Å². The topological polar surface area (TPSA) is 54.4 Å². The second-order valence-electron chi connectivity index (χ2n) is 7.79. The Hall–Kier alpha value is -2.84. The number of methoxy groups -OCH3 is 1. The minimum atomic E-state index is -0.309. The van der Waals surface area contributed by atoms with Crippen molar-refractivity contribution in [2.75, 3.05) is 40.3 Å². The molecule has 6 nitrogen and oxygen atoms in total. The maximum atomic E-state index is 13.9. The van der Waals surface area contributed by atoms with Crippen LogP contribution in [0, 0.1) is 5.82 Å². The average molecular weight is 456 g/mol. The molecule has 0 aliphatic carbocycles. The van der Waals surface area contributed by atoms with Gasteiger partial charge in [-0.05, 0) is 55.1 Å². The van der Waals surface area contributed by atoms with Gasteiger partial charge < -0.3 is 19.3 Å². The van der Waals surface area contributed by atoms with E-state index in [2.05, 4.69) is 21.8 Å². The molecule has 0 unspecified atom stereocenters. The number of amides is 1.